The first-order chi connectivity index (χ1) is 9.63. The van der Waals surface area contributed by atoms with Crippen LogP contribution in [0.4, 0.5) is 0 Å². The Morgan fingerprint density at radius 3 is 2.55 bits per heavy atom. The number of benzene rings is 1. The van der Waals surface area contributed by atoms with Crippen LogP contribution in [0.1, 0.15) is 45.1 Å². The average molecular weight is 271 g/mol. The number of nitrogens with zero attached hydrogens (tertiary/aromatic N) is 1. The number of ether oxygens (including phenoxy) is 1. The Kier molecular flexibility index (Phi) is 3.84. The maximum atomic E-state index is 5.72. The van der Waals surface area contributed by atoms with Crippen LogP contribution >= 0.6 is 0 Å². The Hall–Kier alpha value is -1.28. The van der Waals surface area contributed by atoms with Crippen molar-refractivity contribution in [2.75, 3.05) is 7.05 Å². The molecule has 0 aromatic heterocycles. The molecule has 2 aliphatic heterocycles. The van der Waals surface area contributed by atoms with Gasteiger partial charge in [0.25, 0.3) is 0 Å². The van der Waals surface area contributed by atoms with Crippen LogP contribution in [0.2, 0.25) is 0 Å². The summed E-state index contributed by atoms with van der Waals surface area (Å²) in [6, 6.07) is 10.0. The summed E-state index contributed by atoms with van der Waals surface area (Å²) in [7, 11) is 2.28. The second kappa shape index (κ2) is 5.61. The minimum Gasteiger partial charge on any atom is -0.491 e. The lowest BCUT2D eigenvalue weighted by Gasteiger charge is -2.42. The van der Waals surface area contributed by atoms with E-state index in [0.717, 1.165) is 11.8 Å². The first kappa shape index (κ1) is 13.7. The molecule has 0 aliphatic carbocycles. The fraction of sp³-hybridized carbons (Fsp3) is 0.556. The van der Waals surface area contributed by atoms with Crippen LogP contribution in [0.25, 0.3) is 5.57 Å². The molecule has 0 N–H and O–H groups in total. The van der Waals surface area contributed by atoms with Gasteiger partial charge in [0.15, 0.2) is 0 Å². The standard InChI is InChI=1S/C18H25NO/c1-13(2)20-18-9-7-14(8-10-18)15-11-16-5-4-6-17(12-15)19(16)3/h7-11,13,16-17H,4-6,12H2,1-3H3. The Balaban J connectivity index is 1.79. The summed E-state index contributed by atoms with van der Waals surface area (Å²) in [6.45, 7) is 4.13. The second-order valence-corrected chi connectivity index (χ2v) is 6.40. The highest BCUT2D eigenvalue weighted by molar-refractivity contribution is 5.68. The van der Waals surface area contributed by atoms with Gasteiger partial charge in [-0.25, -0.2) is 0 Å². The van der Waals surface area contributed by atoms with Gasteiger partial charge in [-0.15, -0.1) is 0 Å². The van der Waals surface area contributed by atoms with Crippen LogP contribution in [0.15, 0.2) is 30.3 Å². The highest BCUT2D eigenvalue weighted by Gasteiger charge is 2.31. The van der Waals surface area contributed by atoms with E-state index < -0.39 is 0 Å². The Morgan fingerprint density at radius 2 is 1.90 bits per heavy atom. The highest BCUT2D eigenvalue weighted by atomic mass is 16.5. The smallest absolute Gasteiger partial charge is 0.119 e. The van der Waals surface area contributed by atoms with Gasteiger partial charge < -0.3 is 4.74 Å². The summed E-state index contributed by atoms with van der Waals surface area (Å²) in [6.07, 6.45) is 7.95. The van der Waals surface area contributed by atoms with E-state index in [2.05, 4.69) is 56.1 Å². The maximum Gasteiger partial charge on any atom is 0.119 e. The SMILES string of the molecule is CC(C)Oc1ccc(C2=CC3CCCC(C2)N3C)cc1. The Bertz CT molecular complexity index is 489. The predicted octanol–water partition coefficient (Wildman–Crippen LogP) is 4.11. The maximum absolute atomic E-state index is 5.72. The monoisotopic (exact) mass is 271 g/mol. The van der Waals surface area contributed by atoms with Crippen LogP contribution in [0.3, 0.4) is 0 Å². The van der Waals surface area contributed by atoms with Crippen LogP contribution in [0.5, 0.6) is 5.75 Å². The van der Waals surface area contributed by atoms with Crippen molar-refractivity contribution >= 4 is 5.57 Å². The average Bonchev–Trinajstić information content (AvgIpc) is 2.39. The lowest BCUT2D eigenvalue weighted by molar-refractivity contribution is 0.137. The molecule has 1 aromatic carbocycles. The van der Waals surface area contributed by atoms with Crippen LogP contribution in [-0.4, -0.2) is 30.1 Å². The van der Waals surface area contributed by atoms with Crippen LogP contribution in [0, 0.1) is 0 Å². The lowest BCUT2D eigenvalue weighted by Crippen LogP contribution is -2.45. The molecule has 1 saturated heterocycles. The van der Waals surface area contributed by atoms with Gasteiger partial charge in [0.2, 0.25) is 0 Å². The van der Waals surface area contributed by atoms with Gasteiger partial charge in [-0.3, -0.25) is 4.90 Å². The lowest BCUT2D eigenvalue weighted by atomic mass is 9.83. The van der Waals surface area contributed by atoms with E-state index in [0.29, 0.717) is 6.04 Å². The Morgan fingerprint density at radius 1 is 1.15 bits per heavy atom. The predicted molar refractivity (Wildman–Crippen MR) is 84.0 cm³/mol. The number of likely N-dealkylation sites (N-methyl/N-ethyl adjacent to an activating group) is 1. The van der Waals surface area contributed by atoms with E-state index in [9.17, 15) is 0 Å². The third-order valence-electron chi connectivity index (χ3n) is 4.58. The van der Waals surface area contributed by atoms with Crippen molar-refractivity contribution in [1.82, 2.24) is 4.90 Å². The molecular weight excluding hydrogens is 246 g/mol. The number of piperidine rings is 1. The van der Waals surface area contributed by atoms with E-state index in [-0.39, 0.29) is 6.10 Å². The fourth-order valence-corrected chi connectivity index (χ4v) is 3.48. The van der Waals surface area contributed by atoms with Crippen molar-refractivity contribution in [1.29, 1.82) is 0 Å². The molecular formula is C18H25NO. The van der Waals surface area contributed by atoms with Crippen molar-refractivity contribution in [2.24, 2.45) is 0 Å². The van der Waals surface area contributed by atoms with Crippen LogP contribution < -0.4 is 4.74 Å². The molecule has 2 atom stereocenters. The number of fused-ring (bicyclic) bond motifs is 2. The minimum atomic E-state index is 0.239. The third-order valence-corrected chi connectivity index (χ3v) is 4.58. The molecule has 108 valence electrons. The molecule has 0 spiro atoms. The van der Waals surface area contributed by atoms with E-state index in [1.807, 2.05) is 0 Å². The normalized spacial score (nSPS) is 26.5. The summed E-state index contributed by atoms with van der Waals surface area (Å²) in [4.78, 5) is 2.56. The minimum absolute atomic E-state index is 0.239. The van der Waals surface area contributed by atoms with Gasteiger partial charge in [-0.05, 0) is 63.4 Å². The number of rotatable bonds is 3. The van der Waals surface area contributed by atoms with Crippen molar-refractivity contribution in [3.8, 4) is 5.75 Å². The molecule has 0 radical (unpaired) electrons. The van der Waals surface area contributed by atoms with E-state index in [1.165, 1.54) is 36.8 Å². The van der Waals surface area contributed by atoms with Gasteiger partial charge in [0.05, 0.1) is 6.10 Å². The summed E-state index contributed by atoms with van der Waals surface area (Å²) >= 11 is 0. The Labute approximate surface area is 122 Å². The largest absolute Gasteiger partial charge is 0.491 e. The molecule has 2 heteroatoms. The molecule has 1 fully saturated rings. The van der Waals surface area contributed by atoms with E-state index in [1.54, 1.807) is 0 Å². The summed E-state index contributed by atoms with van der Waals surface area (Å²) in [5.74, 6) is 0.970. The van der Waals surface area contributed by atoms with Crippen molar-refractivity contribution in [3.63, 3.8) is 0 Å². The quantitative estimate of drug-likeness (QED) is 0.820. The third kappa shape index (κ3) is 2.76. The zero-order valence-electron chi connectivity index (χ0n) is 12.8. The van der Waals surface area contributed by atoms with E-state index >= 15 is 0 Å². The number of hydrogen-bond acceptors (Lipinski definition) is 2. The summed E-state index contributed by atoms with van der Waals surface area (Å²) in [5.41, 5.74) is 2.89. The molecule has 2 heterocycles. The van der Waals surface area contributed by atoms with Crippen molar-refractivity contribution < 1.29 is 4.74 Å². The van der Waals surface area contributed by atoms with Crippen molar-refractivity contribution in [3.05, 3.63) is 35.9 Å². The highest BCUT2D eigenvalue weighted by Crippen LogP contribution is 2.36. The molecule has 2 nitrogen and oxygen atoms in total. The van der Waals surface area contributed by atoms with Crippen molar-refractivity contribution in [2.45, 2.75) is 57.7 Å². The first-order valence-corrected chi connectivity index (χ1v) is 7.83. The topological polar surface area (TPSA) is 12.5 Å². The van der Waals surface area contributed by atoms with Gasteiger partial charge in [-0.2, -0.15) is 0 Å². The molecule has 2 unspecified atom stereocenters. The van der Waals surface area contributed by atoms with Gasteiger partial charge >= 0.3 is 0 Å². The first-order valence-electron chi connectivity index (χ1n) is 7.83. The van der Waals surface area contributed by atoms with Gasteiger partial charge in [0, 0.05) is 12.1 Å². The molecule has 2 aliphatic rings. The second-order valence-electron chi connectivity index (χ2n) is 6.40. The zero-order chi connectivity index (χ0) is 14.1. The van der Waals surface area contributed by atoms with Gasteiger partial charge in [-0.1, -0.05) is 24.6 Å². The molecule has 20 heavy (non-hydrogen) atoms. The van der Waals surface area contributed by atoms with Gasteiger partial charge in [0.1, 0.15) is 5.75 Å². The summed E-state index contributed by atoms with van der Waals surface area (Å²) < 4.78 is 5.72. The molecule has 2 bridgehead atoms. The molecule has 3 rings (SSSR count). The molecule has 1 aromatic rings. The van der Waals surface area contributed by atoms with Crippen LogP contribution in [-0.2, 0) is 0 Å². The summed E-state index contributed by atoms with van der Waals surface area (Å²) in [5, 5.41) is 0. The zero-order valence-corrected chi connectivity index (χ0v) is 12.8. The molecule has 0 saturated carbocycles. The fourth-order valence-electron chi connectivity index (χ4n) is 3.48. The molecule has 0 amide bonds. The number of hydrogen-bond donors (Lipinski definition) is 0. The van der Waals surface area contributed by atoms with E-state index in [4.69, 9.17) is 4.74 Å².